The largest absolute Gasteiger partial charge is 0.462 e. The molecule has 5 nitrogen and oxygen atoms in total. The number of carbonyl (C=O) groups excluding carboxylic acids is 2. The molecule has 2 aromatic rings. The molecule has 0 atom stereocenters. The number of rotatable bonds is 4. The van der Waals surface area contributed by atoms with Crippen LogP contribution in [0.1, 0.15) is 27.6 Å². The summed E-state index contributed by atoms with van der Waals surface area (Å²) < 4.78 is 18.5. The van der Waals surface area contributed by atoms with Crippen LogP contribution in [0.25, 0.3) is 0 Å². The van der Waals surface area contributed by atoms with E-state index in [9.17, 15) is 14.0 Å². The van der Waals surface area contributed by atoms with Crippen LogP contribution in [0.5, 0.6) is 0 Å². The molecule has 1 amide bonds. The van der Waals surface area contributed by atoms with E-state index in [1.54, 1.807) is 30.0 Å². The molecular formula is C20H21FN2O3. The minimum absolute atomic E-state index is 0.178. The molecule has 1 heterocycles. The molecule has 1 aliphatic rings. The van der Waals surface area contributed by atoms with E-state index in [1.807, 2.05) is 12.1 Å². The van der Waals surface area contributed by atoms with Gasteiger partial charge in [-0.15, -0.1) is 0 Å². The van der Waals surface area contributed by atoms with E-state index < -0.39 is 5.82 Å². The van der Waals surface area contributed by atoms with E-state index in [2.05, 4.69) is 4.90 Å². The maximum absolute atomic E-state index is 13.3. The normalized spacial score (nSPS) is 14.2. The summed E-state index contributed by atoms with van der Waals surface area (Å²) in [5, 5.41) is 0. The van der Waals surface area contributed by atoms with Gasteiger partial charge in [-0.1, -0.05) is 18.2 Å². The third-order valence-electron chi connectivity index (χ3n) is 4.38. The molecule has 0 radical (unpaired) electrons. The first-order chi connectivity index (χ1) is 12.6. The molecule has 0 unspecified atom stereocenters. The molecule has 0 aliphatic carbocycles. The van der Waals surface area contributed by atoms with Crippen molar-refractivity contribution in [3.05, 3.63) is 65.5 Å². The predicted octanol–water partition coefficient (Wildman–Crippen LogP) is 2.96. The first-order valence-corrected chi connectivity index (χ1v) is 8.66. The molecule has 26 heavy (non-hydrogen) atoms. The molecule has 6 heteroatoms. The lowest BCUT2D eigenvalue weighted by Gasteiger charge is -2.36. The van der Waals surface area contributed by atoms with Crippen LogP contribution in [0.15, 0.2) is 48.5 Å². The van der Waals surface area contributed by atoms with Crippen molar-refractivity contribution in [2.75, 3.05) is 37.7 Å². The Balaban J connectivity index is 1.69. The van der Waals surface area contributed by atoms with Crippen molar-refractivity contribution >= 4 is 17.6 Å². The highest BCUT2D eigenvalue weighted by Gasteiger charge is 2.25. The zero-order valence-electron chi connectivity index (χ0n) is 14.7. The topological polar surface area (TPSA) is 49.9 Å². The highest BCUT2D eigenvalue weighted by atomic mass is 19.1. The van der Waals surface area contributed by atoms with Crippen molar-refractivity contribution in [3.63, 3.8) is 0 Å². The second-order valence-electron chi connectivity index (χ2n) is 6.03. The van der Waals surface area contributed by atoms with Gasteiger partial charge in [0.1, 0.15) is 5.82 Å². The lowest BCUT2D eigenvalue weighted by atomic mass is 10.1. The Labute approximate surface area is 152 Å². The molecule has 2 aromatic carbocycles. The Bertz CT molecular complexity index is 801. The van der Waals surface area contributed by atoms with Gasteiger partial charge in [-0.3, -0.25) is 4.79 Å². The van der Waals surface area contributed by atoms with Gasteiger partial charge in [0.05, 0.1) is 17.9 Å². The Morgan fingerprint density at radius 3 is 2.46 bits per heavy atom. The Morgan fingerprint density at radius 1 is 1.04 bits per heavy atom. The quantitative estimate of drug-likeness (QED) is 0.791. The molecular weight excluding hydrogens is 335 g/mol. The number of hydrogen-bond donors (Lipinski definition) is 0. The number of benzene rings is 2. The van der Waals surface area contributed by atoms with E-state index in [1.165, 1.54) is 18.2 Å². The fourth-order valence-corrected chi connectivity index (χ4v) is 3.09. The second kappa shape index (κ2) is 7.99. The van der Waals surface area contributed by atoms with Crippen LogP contribution in [-0.4, -0.2) is 49.6 Å². The van der Waals surface area contributed by atoms with Crippen molar-refractivity contribution in [3.8, 4) is 0 Å². The van der Waals surface area contributed by atoms with Gasteiger partial charge in [0, 0.05) is 31.7 Å². The first-order valence-electron chi connectivity index (χ1n) is 8.66. The van der Waals surface area contributed by atoms with Crippen molar-refractivity contribution < 1.29 is 18.7 Å². The highest BCUT2D eigenvalue weighted by Crippen LogP contribution is 2.23. The van der Waals surface area contributed by atoms with E-state index >= 15 is 0 Å². The minimum Gasteiger partial charge on any atom is -0.462 e. The number of amides is 1. The minimum atomic E-state index is -0.419. The van der Waals surface area contributed by atoms with Crippen LogP contribution in [0, 0.1) is 5.82 Å². The average Bonchev–Trinajstić information content (AvgIpc) is 2.68. The third kappa shape index (κ3) is 3.85. The summed E-state index contributed by atoms with van der Waals surface area (Å²) in [6.07, 6.45) is 0. The Morgan fingerprint density at radius 2 is 1.77 bits per heavy atom. The van der Waals surface area contributed by atoms with Gasteiger partial charge in [0.2, 0.25) is 0 Å². The number of nitrogens with zero attached hydrogens (tertiary/aromatic N) is 2. The van der Waals surface area contributed by atoms with Gasteiger partial charge in [0.15, 0.2) is 0 Å². The van der Waals surface area contributed by atoms with Crippen LogP contribution in [0.4, 0.5) is 10.1 Å². The summed E-state index contributed by atoms with van der Waals surface area (Å²) in [6, 6.07) is 13.0. The molecule has 1 fully saturated rings. The van der Waals surface area contributed by atoms with Gasteiger partial charge in [0.25, 0.3) is 5.91 Å². The summed E-state index contributed by atoms with van der Waals surface area (Å²) in [4.78, 5) is 28.4. The monoisotopic (exact) mass is 356 g/mol. The van der Waals surface area contributed by atoms with Gasteiger partial charge >= 0.3 is 5.97 Å². The molecule has 0 saturated carbocycles. The summed E-state index contributed by atoms with van der Waals surface area (Å²) in [7, 11) is 0. The van der Waals surface area contributed by atoms with Gasteiger partial charge in [-0.05, 0) is 37.3 Å². The first kappa shape index (κ1) is 17.9. The van der Waals surface area contributed by atoms with E-state index in [0.717, 1.165) is 5.69 Å². The van der Waals surface area contributed by atoms with E-state index in [0.29, 0.717) is 43.9 Å². The van der Waals surface area contributed by atoms with Gasteiger partial charge < -0.3 is 14.5 Å². The average molecular weight is 356 g/mol. The molecule has 1 aliphatic heterocycles. The van der Waals surface area contributed by atoms with Crippen molar-refractivity contribution in [1.82, 2.24) is 4.90 Å². The Hall–Kier alpha value is -2.89. The maximum atomic E-state index is 13.3. The zero-order chi connectivity index (χ0) is 18.5. The maximum Gasteiger partial charge on any atom is 0.340 e. The molecule has 0 aromatic heterocycles. The molecule has 0 spiro atoms. The smallest absolute Gasteiger partial charge is 0.340 e. The third-order valence-corrected chi connectivity index (χ3v) is 4.38. The van der Waals surface area contributed by atoms with E-state index in [-0.39, 0.29) is 11.9 Å². The van der Waals surface area contributed by atoms with Gasteiger partial charge in [-0.2, -0.15) is 0 Å². The van der Waals surface area contributed by atoms with Crippen LogP contribution < -0.4 is 4.90 Å². The highest BCUT2D eigenvalue weighted by molar-refractivity contribution is 5.96. The Kier molecular flexibility index (Phi) is 5.51. The lowest BCUT2D eigenvalue weighted by molar-refractivity contribution is 0.0526. The number of carbonyl (C=O) groups is 2. The summed E-state index contributed by atoms with van der Waals surface area (Å²) in [6.45, 7) is 4.30. The van der Waals surface area contributed by atoms with E-state index in [4.69, 9.17) is 4.74 Å². The number of esters is 1. The van der Waals surface area contributed by atoms with Crippen molar-refractivity contribution in [2.24, 2.45) is 0 Å². The molecule has 0 bridgehead atoms. The van der Waals surface area contributed by atoms with Crippen LogP contribution in [-0.2, 0) is 4.74 Å². The zero-order valence-corrected chi connectivity index (χ0v) is 14.7. The number of halogens is 1. The number of ether oxygens (including phenoxy) is 1. The number of anilines is 1. The van der Waals surface area contributed by atoms with Crippen molar-refractivity contribution in [2.45, 2.75) is 6.92 Å². The fraction of sp³-hybridized carbons (Fsp3) is 0.300. The summed E-state index contributed by atoms with van der Waals surface area (Å²) in [5.41, 5.74) is 1.69. The number of piperazine rings is 1. The van der Waals surface area contributed by atoms with Gasteiger partial charge in [-0.25, -0.2) is 9.18 Å². The molecule has 3 rings (SSSR count). The number of hydrogen-bond acceptors (Lipinski definition) is 4. The number of para-hydroxylation sites is 1. The SMILES string of the molecule is CCOC(=O)c1ccccc1N1CCN(C(=O)c2cccc(F)c2)CC1. The molecule has 0 N–H and O–H groups in total. The summed E-state index contributed by atoms with van der Waals surface area (Å²) >= 11 is 0. The van der Waals surface area contributed by atoms with Crippen molar-refractivity contribution in [1.29, 1.82) is 0 Å². The fourth-order valence-electron chi connectivity index (χ4n) is 3.09. The van der Waals surface area contributed by atoms with Crippen LogP contribution in [0.3, 0.4) is 0 Å². The lowest BCUT2D eigenvalue weighted by Crippen LogP contribution is -2.49. The summed E-state index contributed by atoms with van der Waals surface area (Å²) in [5.74, 6) is -0.943. The van der Waals surface area contributed by atoms with Crippen LogP contribution in [0.2, 0.25) is 0 Å². The molecule has 1 saturated heterocycles. The second-order valence-corrected chi connectivity index (χ2v) is 6.03. The standard InChI is InChI=1S/C20H21FN2O3/c1-2-26-20(25)17-8-3-4-9-18(17)22-10-12-23(13-11-22)19(24)15-6-5-7-16(21)14-15/h3-9,14H,2,10-13H2,1H3. The predicted molar refractivity (Wildman–Crippen MR) is 96.9 cm³/mol. The molecule has 136 valence electrons. The van der Waals surface area contributed by atoms with Crippen LogP contribution >= 0.6 is 0 Å².